The Balaban J connectivity index is 2.29. The van der Waals surface area contributed by atoms with Gasteiger partial charge in [-0.1, -0.05) is 35.0 Å². The maximum atomic E-state index is 13.5. The van der Waals surface area contributed by atoms with E-state index in [0.717, 1.165) is 22.1 Å². The predicted octanol–water partition coefficient (Wildman–Crippen LogP) is 6.22. The summed E-state index contributed by atoms with van der Waals surface area (Å²) < 4.78 is 15.0. The van der Waals surface area contributed by atoms with Crippen LogP contribution >= 0.6 is 31.9 Å². The van der Waals surface area contributed by atoms with E-state index in [1.807, 2.05) is 19.1 Å². The van der Waals surface area contributed by atoms with Crippen LogP contribution in [0.15, 0.2) is 45.3 Å². The van der Waals surface area contributed by atoms with Crippen LogP contribution in [0.1, 0.15) is 30.5 Å². The molecule has 1 N–H and O–H groups in total. The lowest BCUT2D eigenvalue weighted by Crippen LogP contribution is -2.10. The molecule has 0 aliphatic rings. The molecule has 0 spiro atoms. The number of anilines is 1. The first-order chi connectivity index (χ1) is 9.51. The summed E-state index contributed by atoms with van der Waals surface area (Å²) in [6.07, 6.45) is 0.949. The van der Waals surface area contributed by atoms with Gasteiger partial charge in [-0.25, -0.2) is 4.39 Å². The Kier molecular flexibility index (Phi) is 5.22. The van der Waals surface area contributed by atoms with Crippen molar-refractivity contribution in [2.24, 2.45) is 0 Å². The number of hydrogen-bond donors (Lipinski definition) is 1. The van der Waals surface area contributed by atoms with E-state index in [0.29, 0.717) is 4.47 Å². The molecule has 0 saturated carbocycles. The molecule has 20 heavy (non-hydrogen) atoms. The van der Waals surface area contributed by atoms with Gasteiger partial charge in [0.25, 0.3) is 0 Å². The molecule has 0 aliphatic carbocycles. The van der Waals surface area contributed by atoms with Gasteiger partial charge in [0.05, 0.1) is 10.5 Å². The second kappa shape index (κ2) is 6.72. The lowest BCUT2D eigenvalue weighted by molar-refractivity contribution is 0.619. The van der Waals surface area contributed by atoms with Gasteiger partial charge in [-0.15, -0.1) is 0 Å². The molecule has 2 aromatic rings. The van der Waals surface area contributed by atoms with Crippen molar-refractivity contribution < 1.29 is 4.39 Å². The molecule has 0 heterocycles. The van der Waals surface area contributed by atoms with Gasteiger partial charge < -0.3 is 5.32 Å². The highest BCUT2D eigenvalue weighted by atomic mass is 79.9. The summed E-state index contributed by atoms with van der Waals surface area (Å²) in [6, 6.07) is 11.8. The molecule has 4 heteroatoms. The highest BCUT2D eigenvalue weighted by molar-refractivity contribution is 9.10. The fraction of sp³-hybridized carbons (Fsp3) is 0.250. The van der Waals surface area contributed by atoms with E-state index in [9.17, 15) is 4.39 Å². The molecule has 2 aromatic carbocycles. The second-order valence-corrected chi connectivity index (χ2v) is 6.51. The number of rotatable bonds is 4. The topological polar surface area (TPSA) is 12.0 Å². The van der Waals surface area contributed by atoms with Gasteiger partial charge in [0.15, 0.2) is 0 Å². The highest BCUT2D eigenvalue weighted by Gasteiger charge is 2.12. The first-order valence-corrected chi connectivity index (χ1v) is 8.07. The average molecular weight is 401 g/mol. The van der Waals surface area contributed by atoms with Gasteiger partial charge in [-0.05, 0) is 64.7 Å². The Morgan fingerprint density at radius 2 is 1.95 bits per heavy atom. The number of aryl methyl sites for hydroxylation is 1. The van der Waals surface area contributed by atoms with Crippen molar-refractivity contribution in [1.29, 1.82) is 0 Å². The predicted molar refractivity (Wildman–Crippen MR) is 89.6 cm³/mol. The van der Waals surface area contributed by atoms with Crippen molar-refractivity contribution in [3.63, 3.8) is 0 Å². The first kappa shape index (κ1) is 15.5. The molecular weight excluding hydrogens is 385 g/mol. The van der Waals surface area contributed by atoms with Gasteiger partial charge in [-0.2, -0.15) is 0 Å². The SMILES string of the molecule is CCC(Nc1cc(Br)c(F)cc1C)c1cccc(Br)c1. The highest BCUT2D eigenvalue weighted by Crippen LogP contribution is 2.29. The van der Waals surface area contributed by atoms with E-state index >= 15 is 0 Å². The van der Waals surface area contributed by atoms with Crippen molar-refractivity contribution in [1.82, 2.24) is 0 Å². The van der Waals surface area contributed by atoms with E-state index in [2.05, 4.69) is 56.2 Å². The van der Waals surface area contributed by atoms with Gasteiger partial charge in [-0.3, -0.25) is 0 Å². The first-order valence-electron chi connectivity index (χ1n) is 6.49. The fourth-order valence-corrected chi connectivity index (χ4v) is 2.89. The molecule has 1 nitrogen and oxygen atoms in total. The second-order valence-electron chi connectivity index (χ2n) is 4.74. The van der Waals surface area contributed by atoms with Crippen LogP contribution in [-0.4, -0.2) is 0 Å². The molecule has 1 atom stereocenters. The summed E-state index contributed by atoms with van der Waals surface area (Å²) in [7, 11) is 0. The molecule has 0 bridgehead atoms. The normalized spacial score (nSPS) is 12.2. The molecule has 2 rings (SSSR count). The molecule has 1 unspecified atom stereocenters. The number of hydrogen-bond acceptors (Lipinski definition) is 1. The summed E-state index contributed by atoms with van der Waals surface area (Å²) in [5, 5.41) is 3.49. The van der Waals surface area contributed by atoms with Crippen LogP contribution in [0.2, 0.25) is 0 Å². The van der Waals surface area contributed by atoms with Gasteiger partial charge in [0.1, 0.15) is 5.82 Å². The Hall–Kier alpha value is -0.870. The third kappa shape index (κ3) is 3.61. The molecule has 0 amide bonds. The van der Waals surface area contributed by atoms with Crippen LogP contribution in [0, 0.1) is 12.7 Å². The zero-order valence-electron chi connectivity index (χ0n) is 11.4. The Morgan fingerprint density at radius 3 is 2.60 bits per heavy atom. The summed E-state index contributed by atoms with van der Waals surface area (Å²) in [6.45, 7) is 4.04. The van der Waals surface area contributed by atoms with Gasteiger partial charge >= 0.3 is 0 Å². The van der Waals surface area contributed by atoms with Crippen molar-refractivity contribution in [2.75, 3.05) is 5.32 Å². The molecular formula is C16H16Br2FN. The standard InChI is InChI=1S/C16H16Br2FN/c1-3-15(11-5-4-6-12(17)8-11)20-16-9-13(18)14(19)7-10(16)2/h4-9,15,20H,3H2,1-2H3. The minimum absolute atomic E-state index is 0.198. The van der Waals surface area contributed by atoms with E-state index in [-0.39, 0.29) is 11.9 Å². The van der Waals surface area contributed by atoms with E-state index in [1.165, 1.54) is 5.56 Å². The minimum Gasteiger partial charge on any atom is -0.378 e. The van der Waals surface area contributed by atoms with E-state index < -0.39 is 0 Å². The summed E-state index contributed by atoms with van der Waals surface area (Å²) >= 11 is 6.73. The summed E-state index contributed by atoms with van der Waals surface area (Å²) in [4.78, 5) is 0. The number of nitrogens with one attached hydrogen (secondary N) is 1. The van der Waals surface area contributed by atoms with Crippen molar-refractivity contribution in [3.05, 3.63) is 62.3 Å². The van der Waals surface area contributed by atoms with Gasteiger partial charge in [0, 0.05) is 10.2 Å². The molecule has 0 fully saturated rings. The average Bonchev–Trinajstić information content (AvgIpc) is 2.41. The third-order valence-corrected chi connectivity index (χ3v) is 4.36. The van der Waals surface area contributed by atoms with E-state index in [1.54, 1.807) is 12.1 Å². The fourth-order valence-electron chi connectivity index (χ4n) is 2.13. The van der Waals surface area contributed by atoms with Crippen LogP contribution in [0.3, 0.4) is 0 Å². The lowest BCUT2D eigenvalue weighted by atomic mass is 10.0. The lowest BCUT2D eigenvalue weighted by Gasteiger charge is -2.21. The summed E-state index contributed by atoms with van der Waals surface area (Å²) in [5.74, 6) is -0.233. The molecule has 0 radical (unpaired) electrons. The summed E-state index contributed by atoms with van der Waals surface area (Å²) in [5.41, 5.74) is 3.06. The maximum Gasteiger partial charge on any atom is 0.137 e. The Labute approximate surface area is 135 Å². The van der Waals surface area contributed by atoms with E-state index in [4.69, 9.17) is 0 Å². The van der Waals surface area contributed by atoms with Crippen LogP contribution < -0.4 is 5.32 Å². The zero-order chi connectivity index (χ0) is 14.7. The quantitative estimate of drug-likeness (QED) is 0.641. The van der Waals surface area contributed by atoms with Crippen molar-refractivity contribution in [2.45, 2.75) is 26.3 Å². The minimum atomic E-state index is -0.233. The largest absolute Gasteiger partial charge is 0.378 e. The Bertz CT molecular complexity index is 613. The van der Waals surface area contributed by atoms with Crippen molar-refractivity contribution in [3.8, 4) is 0 Å². The number of benzene rings is 2. The van der Waals surface area contributed by atoms with Gasteiger partial charge in [0.2, 0.25) is 0 Å². The van der Waals surface area contributed by atoms with Crippen LogP contribution in [0.4, 0.5) is 10.1 Å². The molecule has 0 aromatic heterocycles. The number of halogens is 3. The van der Waals surface area contributed by atoms with Crippen LogP contribution in [-0.2, 0) is 0 Å². The van der Waals surface area contributed by atoms with Crippen LogP contribution in [0.5, 0.6) is 0 Å². The maximum absolute atomic E-state index is 13.5. The third-order valence-electron chi connectivity index (χ3n) is 3.26. The van der Waals surface area contributed by atoms with Crippen molar-refractivity contribution >= 4 is 37.5 Å². The molecule has 0 saturated heterocycles. The molecule has 106 valence electrons. The monoisotopic (exact) mass is 399 g/mol. The van der Waals surface area contributed by atoms with Crippen LogP contribution in [0.25, 0.3) is 0 Å². The zero-order valence-corrected chi connectivity index (χ0v) is 14.6. The smallest absolute Gasteiger partial charge is 0.137 e. The molecule has 0 aliphatic heterocycles. The Morgan fingerprint density at radius 1 is 1.20 bits per heavy atom.